The molecule has 1 fully saturated rings. The van der Waals surface area contributed by atoms with Gasteiger partial charge in [-0.15, -0.1) is 0 Å². The number of aromatic nitrogens is 3. The van der Waals surface area contributed by atoms with E-state index in [9.17, 15) is 22.8 Å². The molecule has 1 aliphatic rings. The summed E-state index contributed by atoms with van der Waals surface area (Å²) in [6, 6.07) is -0.650. The van der Waals surface area contributed by atoms with Crippen molar-refractivity contribution in [3.63, 3.8) is 0 Å². The molecule has 0 spiro atoms. The predicted molar refractivity (Wildman–Crippen MR) is 96.2 cm³/mol. The highest BCUT2D eigenvalue weighted by Gasteiger charge is 2.38. The molecule has 1 aliphatic heterocycles. The average Bonchev–Trinajstić information content (AvgIpc) is 3.20. The summed E-state index contributed by atoms with van der Waals surface area (Å²) in [6.45, 7) is 4.35. The van der Waals surface area contributed by atoms with Gasteiger partial charge in [-0.2, -0.15) is 28.6 Å². The van der Waals surface area contributed by atoms with Crippen LogP contribution in [0.2, 0.25) is 0 Å². The Morgan fingerprint density at radius 2 is 1.83 bits per heavy atom. The number of rotatable bonds is 6. The van der Waals surface area contributed by atoms with Gasteiger partial charge in [0.25, 0.3) is 0 Å². The van der Waals surface area contributed by atoms with Crippen molar-refractivity contribution in [3.05, 3.63) is 11.9 Å². The second-order valence-electron chi connectivity index (χ2n) is 6.36. The van der Waals surface area contributed by atoms with Gasteiger partial charge in [-0.05, 0) is 6.42 Å². The van der Waals surface area contributed by atoms with Gasteiger partial charge >= 0.3 is 18.2 Å². The van der Waals surface area contributed by atoms with Gasteiger partial charge in [0.2, 0.25) is 5.91 Å². The monoisotopic (exact) mass is 438 g/mol. The molecule has 1 aromatic rings. The van der Waals surface area contributed by atoms with Crippen LogP contribution in [0.5, 0.6) is 0 Å². The van der Waals surface area contributed by atoms with Crippen LogP contribution in [0.25, 0.3) is 0 Å². The third-order valence-electron chi connectivity index (χ3n) is 4.03. The largest absolute Gasteiger partial charge is 0.490 e. The maximum absolute atomic E-state index is 12.3. The van der Waals surface area contributed by atoms with E-state index in [1.165, 1.54) is 0 Å². The first kappa shape index (κ1) is 25.1. The highest BCUT2D eigenvalue weighted by molar-refractivity contribution is 5.82. The van der Waals surface area contributed by atoms with Gasteiger partial charge in [0.1, 0.15) is 0 Å². The zero-order valence-corrected chi connectivity index (χ0v) is 16.4. The number of piperazine rings is 1. The Balaban J connectivity index is 0.000000553. The van der Waals surface area contributed by atoms with Crippen LogP contribution in [0.3, 0.4) is 0 Å². The number of nitrogens with one attached hydrogen (secondary N) is 1. The number of hydrogen-bond donors (Lipinski definition) is 3. The van der Waals surface area contributed by atoms with Crippen molar-refractivity contribution in [2.24, 2.45) is 5.73 Å². The van der Waals surface area contributed by atoms with E-state index < -0.39 is 18.2 Å². The number of aliphatic carboxylic acids is 1. The van der Waals surface area contributed by atoms with Crippen LogP contribution in [0.15, 0.2) is 6.20 Å². The van der Waals surface area contributed by atoms with Crippen molar-refractivity contribution in [1.29, 1.82) is 0 Å². The Labute approximate surface area is 170 Å². The summed E-state index contributed by atoms with van der Waals surface area (Å²) in [7, 11) is 0. The number of aromatic amines is 1. The summed E-state index contributed by atoms with van der Waals surface area (Å²) in [6.07, 6.45) is -1.65. The number of halogens is 3. The van der Waals surface area contributed by atoms with Crippen LogP contribution in [0, 0.1) is 0 Å². The van der Waals surface area contributed by atoms with Crippen molar-refractivity contribution in [3.8, 4) is 0 Å². The number of ether oxygens (including phenoxy) is 1. The Morgan fingerprint density at radius 3 is 2.30 bits per heavy atom. The van der Waals surface area contributed by atoms with Gasteiger partial charge in [-0.1, -0.05) is 13.3 Å². The second kappa shape index (κ2) is 11.9. The van der Waals surface area contributed by atoms with Crippen molar-refractivity contribution >= 4 is 18.0 Å². The summed E-state index contributed by atoms with van der Waals surface area (Å²) < 4.78 is 36.9. The van der Waals surface area contributed by atoms with E-state index in [1.807, 2.05) is 6.92 Å². The van der Waals surface area contributed by atoms with E-state index in [0.29, 0.717) is 44.9 Å². The minimum absolute atomic E-state index is 0.132. The average molecular weight is 438 g/mol. The standard InChI is InChI=1S/C14H24N6O3.C2HF3O2/c1-2-3-8-23-14(22)20-6-4-19(5-7-20)13(21)12(15)9-11-10-16-18-17-11;3-2(4,5)1(6)7/h10,12H,2-9,15H2,1H3,(H,16,17,18);(H,6,7)/t12-;/m0./s1. The first-order valence-corrected chi connectivity index (χ1v) is 9.17. The number of carbonyl (C=O) groups excluding carboxylic acids is 2. The van der Waals surface area contributed by atoms with E-state index in [0.717, 1.165) is 12.8 Å². The second-order valence-corrected chi connectivity index (χ2v) is 6.36. The van der Waals surface area contributed by atoms with Gasteiger partial charge in [-0.3, -0.25) is 4.79 Å². The predicted octanol–water partition coefficient (Wildman–Crippen LogP) is 0.389. The van der Waals surface area contributed by atoms with Crippen LogP contribution in [-0.4, -0.2) is 93.3 Å². The molecule has 2 heterocycles. The molecule has 1 aromatic heterocycles. The van der Waals surface area contributed by atoms with E-state index >= 15 is 0 Å². The van der Waals surface area contributed by atoms with Crippen LogP contribution in [-0.2, 0) is 20.7 Å². The zero-order chi connectivity index (χ0) is 22.7. The minimum atomic E-state index is -5.08. The topological polar surface area (TPSA) is 155 Å². The lowest BCUT2D eigenvalue weighted by atomic mass is 10.1. The maximum Gasteiger partial charge on any atom is 0.490 e. The Kier molecular flexibility index (Phi) is 10.0. The van der Waals surface area contributed by atoms with Gasteiger partial charge in [0.05, 0.1) is 24.5 Å². The van der Waals surface area contributed by atoms with Crippen LogP contribution in [0.4, 0.5) is 18.0 Å². The molecule has 1 atom stereocenters. The molecular weight excluding hydrogens is 413 g/mol. The molecule has 2 rings (SSSR count). The van der Waals surface area contributed by atoms with Crippen molar-refractivity contribution < 1.29 is 37.4 Å². The number of carboxylic acid groups (broad SMARTS) is 1. The fraction of sp³-hybridized carbons (Fsp3) is 0.688. The zero-order valence-electron chi connectivity index (χ0n) is 16.4. The molecule has 0 saturated carbocycles. The Bertz CT molecular complexity index is 677. The van der Waals surface area contributed by atoms with Crippen molar-refractivity contribution in [2.75, 3.05) is 32.8 Å². The number of alkyl halides is 3. The SMILES string of the molecule is CCCCOC(=O)N1CCN(C(=O)[C@@H](N)Cc2cn[nH]n2)CC1.O=C(O)C(F)(F)F. The highest BCUT2D eigenvalue weighted by Crippen LogP contribution is 2.13. The third-order valence-corrected chi connectivity index (χ3v) is 4.03. The number of carbonyl (C=O) groups is 3. The maximum atomic E-state index is 12.3. The number of nitrogens with two attached hydrogens (primary N) is 1. The minimum Gasteiger partial charge on any atom is -0.475 e. The summed E-state index contributed by atoms with van der Waals surface area (Å²) >= 11 is 0. The molecule has 0 radical (unpaired) electrons. The molecule has 11 nitrogen and oxygen atoms in total. The molecule has 170 valence electrons. The quantitative estimate of drug-likeness (QED) is 0.539. The summed E-state index contributed by atoms with van der Waals surface area (Å²) in [5.41, 5.74) is 6.59. The number of hydrogen-bond acceptors (Lipinski definition) is 7. The van der Waals surface area contributed by atoms with E-state index in [1.54, 1.807) is 16.0 Å². The molecule has 0 aromatic carbocycles. The van der Waals surface area contributed by atoms with Gasteiger partial charge < -0.3 is 25.4 Å². The lowest BCUT2D eigenvalue weighted by Gasteiger charge is -2.35. The van der Waals surface area contributed by atoms with Crippen LogP contribution in [0.1, 0.15) is 25.5 Å². The van der Waals surface area contributed by atoms with Gasteiger partial charge in [-0.25, -0.2) is 9.59 Å². The number of amides is 2. The first-order valence-electron chi connectivity index (χ1n) is 9.17. The van der Waals surface area contributed by atoms with Crippen molar-refractivity contribution in [2.45, 2.75) is 38.4 Å². The molecule has 14 heteroatoms. The first-order chi connectivity index (χ1) is 14.1. The molecule has 0 unspecified atom stereocenters. The van der Waals surface area contributed by atoms with E-state index in [2.05, 4.69) is 15.4 Å². The van der Waals surface area contributed by atoms with Gasteiger partial charge in [0, 0.05) is 32.6 Å². The number of unbranched alkanes of at least 4 members (excludes halogenated alkanes) is 1. The van der Waals surface area contributed by atoms with Crippen molar-refractivity contribution in [1.82, 2.24) is 25.2 Å². The molecule has 0 bridgehead atoms. The lowest BCUT2D eigenvalue weighted by molar-refractivity contribution is -0.192. The van der Waals surface area contributed by atoms with Gasteiger partial charge in [0.15, 0.2) is 0 Å². The van der Waals surface area contributed by atoms with Crippen LogP contribution >= 0.6 is 0 Å². The molecule has 4 N–H and O–H groups in total. The lowest BCUT2D eigenvalue weighted by Crippen LogP contribution is -2.54. The highest BCUT2D eigenvalue weighted by atomic mass is 19.4. The van der Waals surface area contributed by atoms with E-state index in [4.69, 9.17) is 20.4 Å². The molecular formula is C16H25F3N6O5. The van der Waals surface area contributed by atoms with Crippen LogP contribution < -0.4 is 5.73 Å². The summed E-state index contributed by atoms with van der Waals surface area (Å²) in [5.74, 6) is -2.89. The molecule has 1 saturated heterocycles. The molecule has 30 heavy (non-hydrogen) atoms. The fourth-order valence-electron chi connectivity index (χ4n) is 2.38. The normalized spacial score (nSPS) is 15.1. The smallest absolute Gasteiger partial charge is 0.475 e. The summed E-state index contributed by atoms with van der Waals surface area (Å²) in [5, 5.41) is 17.2. The fourth-order valence-corrected chi connectivity index (χ4v) is 2.38. The Hall–Kier alpha value is -2.90. The summed E-state index contributed by atoms with van der Waals surface area (Å²) in [4.78, 5) is 36.4. The molecule has 2 amide bonds. The Morgan fingerprint density at radius 1 is 1.27 bits per heavy atom. The van der Waals surface area contributed by atoms with E-state index in [-0.39, 0.29) is 12.0 Å². The number of nitrogens with zero attached hydrogens (tertiary/aromatic N) is 4. The molecule has 0 aliphatic carbocycles. The third kappa shape index (κ3) is 8.63. The number of carboxylic acids is 1. The number of H-pyrrole nitrogens is 1.